The summed E-state index contributed by atoms with van der Waals surface area (Å²) in [6, 6.07) is 0. The summed E-state index contributed by atoms with van der Waals surface area (Å²) >= 11 is 0. The van der Waals surface area contributed by atoms with E-state index in [0.717, 1.165) is 0 Å². The molecule has 0 aliphatic carbocycles. The Kier molecular flexibility index (Phi) is 31.2. The van der Waals surface area contributed by atoms with Crippen molar-refractivity contribution in [3.63, 3.8) is 0 Å². The van der Waals surface area contributed by atoms with Crippen molar-refractivity contribution in [3.05, 3.63) is 0 Å². The van der Waals surface area contributed by atoms with Crippen molar-refractivity contribution >= 4 is 26.2 Å². The summed E-state index contributed by atoms with van der Waals surface area (Å²) in [4.78, 5) is 0. The summed E-state index contributed by atoms with van der Waals surface area (Å²) in [5.41, 5.74) is 0. The maximum Gasteiger partial charge on any atom is 0 e. The van der Waals surface area contributed by atoms with Crippen LogP contribution in [0.25, 0.3) is 0 Å². The topological polar surface area (TPSA) is 40.5 Å². The Hall–Kier alpha value is 0.883. The van der Waals surface area contributed by atoms with Gasteiger partial charge in [-0.3, -0.25) is 0 Å². The van der Waals surface area contributed by atoms with Gasteiger partial charge in [0, 0.05) is 17.1 Å². The molecular formula is C4H9BiCuO2. The molecule has 8 heavy (non-hydrogen) atoms. The van der Waals surface area contributed by atoms with Crippen LogP contribution in [0.15, 0.2) is 0 Å². The van der Waals surface area contributed by atoms with Gasteiger partial charge in [-0.25, -0.2) is 0 Å². The zero-order valence-electron chi connectivity index (χ0n) is 4.32. The van der Waals surface area contributed by atoms with Gasteiger partial charge in [-0.15, -0.1) is 0 Å². The summed E-state index contributed by atoms with van der Waals surface area (Å²) in [5.74, 6) is 4.51. The molecule has 0 aromatic carbocycles. The molecule has 0 heterocycles. The minimum absolute atomic E-state index is 0. The molecule has 4 heteroatoms. The van der Waals surface area contributed by atoms with E-state index in [-0.39, 0.29) is 56.5 Å². The fraction of sp³-hybridized carbons (Fsp3) is 0.500. The quantitative estimate of drug-likeness (QED) is 0.379. The minimum Gasteiger partial charge on any atom is 0 e. The van der Waals surface area contributed by atoms with E-state index in [4.69, 9.17) is 10.2 Å². The summed E-state index contributed by atoms with van der Waals surface area (Å²) in [7, 11) is 0. The van der Waals surface area contributed by atoms with Crippen molar-refractivity contribution in [1.82, 2.24) is 0 Å². The van der Waals surface area contributed by atoms with Crippen LogP contribution in [0.4, 0.5) is 0 Å². The molecule has 2 N–H and O–H groups in total. The molecule has 0 atom stereocenters. The molecular weight excluding hydrogens is 353 g/mol. The second kappa shape index (κ2) is 15.7. The van der Waals surface area contributed by atoms with Crippen LogP contribution < -0.4 is 0 Å². The largest absolute Gasteiger partial charge is 0 e. The molecule has 1 radical (unpaired) electrons. The Morgan fingerprint density at radius 1 is 1.00 bits per heavy atom. The zero-order valence-corrected chi connectivity index (χ0v) is 10.8. The summed E-state index contributed by atoms with van der Waals surface area (Å²) in [5, 5.41) is 15.8. The molecule has 0 aliphatic heterocycles. The Labute approximate surface area is 78.3 Å². The minimum atomic E-state index is -0.166. The van der Waals surface area contributed by atoms with Gasteiger partial charge in [0.25, 0.3) is 0 Å². The van der Waals surface area contributed by atoms with Gasteiger partial charge in [0.1, 0.15) is 13.2 Å². The predicted octanol–water partition coefficient (Wildman–Crippen LogP) is -2.21. The van der Waals surface area contributed by atoms with Crippen molar-refractivity contribution in [2.75, 3.05) is 13.2 Å². The van der Waals surface area contributed by atoms with Gasteiger partial charge in [-0.05, 0) is 0 Å². The average molecular weight is 362 g/mol. The molecule has 53 valence electrons. The van der Waals surface area contributed by atoms with Crippen LogP contribution in [0.3, 0.4) is 0 Å². The Morgan fingerprint density at radius 2 is 1.25 bits per heavy atom. The number of aliphatic hydroxyl groups is 2. The molecule has 0 aliphatic rings. The summed E-state index contributed by atoms with van der Waals surface area (Å²) in [6.45, 7) is -0.332. The maximum atomic E-state index is 7.91. The maximum absolute atomic E-state index is 7.91. The van der Waals surface area contributed by atoms with Crippen molar-refractivity contribution in [1.29, 1.82) is 0 Å². The second-order valence-electron chi connectivity index (χ2n) is 0.670. The molecule has 0 bridgehead atoms. The van der Waals surface area contributed by atoms with E-state index in [1.165, 1.54) is 0 Å². The first-order valence-corrected chi connectivity index (χ1v) is 1.59. The molecule has 0 aromatic rings. The first-order chi connectivity index (χ1) is 2.91. The fourth-order valence-electron chi connectivity index (χ4n) is 0.112. The van der Waals surface area contributed by atoms with E-state index in [1.807, 2.05) is 0 Å². The molecule has 0 fully saturated rings. The normalized spacial score (nSPS) is 4.75. The van der Waals surface area contributed by atoms with E-state index in [1.54, 1.807) is 0 Å². The predicted molar refractivity (Wildman–Crippen MR) is 31.9 cm³/mol. The van der Waals surface area contributed by atoms with Gasteiger partial charge in [0.05, 0.1) is 0 Å². The second-order valence-corrected chi connectivity index (χ2v) is 0.670. The third-order valence-electron chi connectivity index (χ3n) is 0.283. The monoisotopic (exact) mass is 361 g/mol. The van der Waals surface area contributed by atoms with Gasteiger partial charge >= 0.3 is 26.2 Å². The number of aliphatic hydroxyl groups excluding tert-OH is 2. The molecule has 0 unspecified atom stereocenters. The zero-order chi connectivity index (χ0) is 4.83. The SMILES string of the molecule is OCC#CCO.[BiH3].[Cu]. The van der Waals surface area contributed by atoms with Crippen LogP contribution in [0.5, 0.6) is 0 Å². The molecule has 0 saturated heterocycles. The molecule has 0 amide bonds. The number of hydrogen-bond acceptors (Lipinski definition) is 2. The van der Waals surface area contributed by atoms with E-state index in [9.17, 15) is 0 Å². The molecule has 0 spiro atoms. The van der Waals surface area contributed by atoms with Crippen molar-refractivity contribution in [3.8, 4) is 11.8 Å². The van der Waals surface area contributed by atoms with Crippen LogP contribution in [0.1, 0.15) is 0 Å². The van der Waals surface area contributed by atoms with Crippen LogP contribution >= 0.6 is 0 Å². The smallest absolute Gasteiger partial charge is 0 e. The van der Waals surface area contributed by atoms with E-state index in [2.05, 4.69) is 11.8 Å². The summed E-state index contributed by atoms with van der Waals surface area (Å²) in [6.07, 6.45) is 0. The van der Waals surface area contributed by atoms with Crippen molar-refractivity contribution in [2.24, 2.45) is 0 Å². The number of hydrogen-bond donors (Lipinski definition) is 2. The molecule has 2 nitrogen and oxygen atoms in total. The van der Waals surface area contributed by atoms with Crippen LogP contribution in [-0.4, -0.2) is 49.6 Å². The van der Waals surface area contributed by atoms with E-state index < -0.39 is 0 Å². The number of rotatable bonds is 0. The Balaban J connectivity index is -0.000000125. The standard InChI is InChI=1S/C4H6O2.Bi.Cu.3H/c5-3-1-2-4-6;;;;;/h5-6H,3-4H2;;;;;. The van der Waals surface area contributed by atoms with Gasteiger partial charge in [-0.2, -0.15) is 0 Å². The van der Waals surface area contributed by atoms with Gasteiger partial charge in [0.2, 0.25) is 0 Å². The molecule has 0 saturated carbocycles. The van der Waals surface area contributed by atoms with Crippen LogP contribution in [0.2, 0.25) is 0 Å². The van der Waals surface area contributed by atoms with Gasteiger partial charge < -0.3 is 10.2 Å². The van der Waals surface area contributed by atoms with Gasteiger partial charge in [0.15, 0.2) is 0 Å². The molecule has 0 aromatic heterocycles. The third kappa shape index (κ3) is 15.8. The van der Waals surface area contributed by atoms with Crippen LogP contribution in [-0.2, 0) is 17.1 Å². The first-order valence-electron chi connectivity index (χ1n) is 1.59. The van der Waals surface area contributed by atoms with Crippen molar-refractivity contribution < 1.29 is 27.3 Å². The van der Waals surface area contributed by atoms with E-state index in [0.29, 0.717) is 0 Å². The molecule has 0 rings (SSSR count). The van der Waals surface area contributed by atoms with E-state index >= 15 is 0 Å². The van der Waals surface area contributed by atoms with Gasteiger partial charge in [-0.1, -0.05) is 11.8 Å². The Bertz CT molecular complexity index is 67.8. The fourth-order valence-corrected chi connectivity index (χ4v) is 0.112. The van der Waals surface area contributed by atoms with Crippen molar-refractivity contribution in [2.45, 2.75) is 0 Å². The first kappa shape index (κ1) is 15.9. The average Bonchev–Trinajstić information content (AvgIpc) is 1.61. The summed E-state index contributed by atoms with van der Waals surface area (Å²) < 4.78 is 0. The van der Waals surface area contributed by atoms with Crippen LogP contribution in [0, 0.1) is 11.8 Å². The Morgan fingerprint density at radius 3 is 1.38 bits per heavy atom. The third-order valence-corrected chi connectivity index (χ3v) is 0.283.